The Labute approximate surface area is 73.2 Å². The number of carbonyl (C=O) groups excluding carboxylic acids is 1. The first-order valence-electron chi connectivity index (χ1n) is 4.21. The van der Waals surface area contributed by atoms with Gasteiger partial charge >= 0.3 is 0 Å². The second-order valence-corrected chi connectivity index (χ2v) is 3.63. The largest absolute Gasteiger partial charge is 0.300 e. The van der Waals surface area contributed by atoms with E-state index < -0.39 is 5.66 Å². The number of rotatable bonds is 1. The SMILES string of the molecule is [C-]#[N+]C(C)(C)N1CCC(=O)CC1. The van der Waals surface area contributed by atoms with Crippen LogP contribution in [-0.4, -0.2) is 29.4 Å². The van der Waals surface area contributed by atoms with E-state index in [2.05, 4.69) is 9.74 Å². The van der Waals surface area contributed by atoms with E-state index in [4.69, 9.17) is 6.57 Å². The molecule has 1 fully saturated rings. The predicted molar refractivity (Wildman–Crippen MR) is 46.5 cm³/mol. The Morgan fingerprint density at radius 2 is 1.92 bits per heavy atom. The molecule has 3 heteroatoms. The molecule has 1 rings (SSSR count). The van der Waals surface area contributed by atoms with Gasteiger partial charge in [0.05, 0.1) is 0 Å². The van der Waals surface area contributed by atoms with Gasteiger partial charge in [-0.05, 0) is 0 Å². The van der Waals surface area contributed by atoms with Gasteiger partial charge in [-0.25, -0.2) is 11.5 Å². The smallest absolute Gasteiger partial charge is 0.283 e. The second kappa shape index (κ2) is 3.24. The van der Waals surface area contributed by atoms with Gasteiger partial charge in [0, 0.05) is 39.8 Å². The van der Waals surface area contributed by atoms with Crippen LogP contribution in [0.25, 0.3) is 4.85 Å². The molecule has 3 nitrogen and oxygen atoms in total. The van der Waals surface area contributed by atoms with Crippen LogP contribution in [0.15, 0.2) is 0 Å². The van der Waals surface area contributed by atoms with Gasteiger partial charge in [-0.15, -0.1) is 0 Å². The summed E-state index contributed by atoms with van der Waals surface area (Å²) < 4.78 is 0. The first kappa shape index (κ1) is 9.21. The summed E-state index contributed by atoms with van der Waals surface area (Å²) in [6.45, 7) is 12.3. The van der Waals surface area contributed by atoms with Gasteiger partial charge in [0.2, 0.25) is 0 Å². The molecule has 0 amide bonds. The highest BCUT2D eigenvalue weighted by atomic mass is 16.1. The van der Waals surface area contributed by atoms with Crippen LogP contribution in [0.3, 0.4) is 0 Å². The third-order valence-corrected chi connectivity index (χ3v) is 2.37. The highest BCUT2D eigenvalue weighted by molar-refractivity contribution is 5.79. The summed E-state index contributed by atoms with van der Waals surface area (Å²) in [4.78, 5) is 16.5. The van der Waals surface area contributed by atoms with Crippen LogP contribution in [0.4, 0.5) is 0 Å². The maximum Gasteiger partial charge on any atom is 0.283 e. The fraction of sp³-hybridized carbons (Fsp3) is 0.778. The first-order valence-corrected chi connectivity index (χ1v) is 4.21. The number of ketones is 1. The Balaban J connectivity index is 2.56. The molecular weight excluding hydrogens is 152 g/mol. The van der Waals surface area contributed by atoms with Crippen molar-refractivity contribution in [3.63, 3.8) is 0 Å². The van der Waals surface area contributed by atoms with Gasteiger partial charge < -0.3 is 0 Å². The van der Waals surface area contributed by atoms with Crippen molar-refractivity contribution >= 4 is 5.78 Å². The van der Waals surface area contributed by atoms with E-state index in [1.807, 2.05) is 13.8 Å². The predicted octanol–water partition coefficient (Wildman–Crippen LogP) is 1.31. The zero-order valence-corrected chi connectivity index (χ0v) is 7.63. The van der Waals surface area contributed by atoms with Gasteiger partial charge in [0.1, 0.15) is 5.78 Å². The molecule has 0 unspecified atom stereocenters. The van der Waals surface area contributed by atoms with Gasteiger partial charge in [-0.1, -0.05) is 0 Å². The third-order valence-electron chi connectivity index (χ3n) is 2.37. The molecular formula is C9H14N2O. The number of likely N-dealkylation sites (tertiary alicyclic amines) is 1. The lowest BCUT2D eigenvalue weighted by Gasteiger charge is -2.31. The maximum absolute atomic E-state index is 10.9. The van der Waals surface area contributed by atoms with Crippen molar-refractivity contribution in [1.29, 1.82) is 0 Å². The minimum absolute atomic E-state index is 0.326. The Morgan fingerprint density at radius 1 is 1.42 bits per heavy atom. The fourth-order valence-corrected chi connectivity index (χ4v) is 1.37. The van der Waals surface area contributed by atoms with Crippen molar-refractivity contribution < 1.29 is 4.79 Å². The maximum atomic E-state index is 10.9. The molecule has 0 aliphatic carbocycles. The van der Waals surface area contributed by atoms with Gasteiger partial charge in [-0.3, -0.25) is 9.64 Å². The highest BCUT2D eigenvalue weighted by Crippen LogP contribution is 2.19. The number of hydrogen-bond acceptors (Lipinski definition) is 2. The molecule has 0 saturated carbocycles. The molecule has 1 saturated heterocycles. The topological polar surface area (TPSA) is 24.7 Å². The fourth-order valence-electron chi connectivity index (χ4n) is 1.37. The van der Waals surface area contributed by atoms with Crippen molar-refractivity contribution in [3.8, 4) is 0 Å². The Morgan fingerprint density at radius 3 is 2.33 bits per heavy atom. The summed E-state index contributed by atoms with van der Waals surface area (Å²) >= 11 is 0. The van der Waals surface area contributed by atoms with Crippen LogP contribution >= 0.6 is 0 Å². The first-order chi connectivity index (χ1) is 5.56. The molecule has 0 aromatic heterocycles. The van der Waals surface area contributed by atoms with Crippen LogP contribution in [0.2, 0.25) is 0 Å². The van der Waals surface area contributed by atoms with Crippen LogP contribution < -0.4 is 0 Å². The average Bonchev–Trinajstić information content (AvgIpc) is 2.05. The lowest BCUT2D eigenvalue weighted by Crippen LogP contribution is -2.46. The molecule has 1 aliphatic rings. The summed E-state index contributed by atoms with van der Waals surface area (Å²) in [5.74, 6) is 0.326. The molecule has 0 spiro atoms. The minimum atomic E-state index is -0.430. The van der Waals surface area contributed by atoms with Crippen LogP contribution in [0.5, 0.6) is 0 Å². The van der Waals surface area contributed by atoms with E-state index in [1.165, 1.54) is 0 Å². The van der Waals surface area contributed by atoms with Crippen molar-refractivity contribution in [2.75, 3.05) is 13.1 Å². The van der Waals surface area contributed by atoms with E-state index in [1.54, 1.807) is 0 Å². The van der Waals surface area contributed by atoms with Crippen LogP contribution in [0, 0.1) is 6.57 Å². The van der Waals surface area contributed by atoms with Crippen molar-refractivity contribution in [2.45, 2.75) is 32.4 Å². The molecule has 0 bridgehead atoms. The minimum Gasteiger partial charge on any atom is -0.300 e. The summed E-state index contributed by atoms with van der Waals surface area (Å²) in [6.07, 6.45) is 1.22. The highest BCUT2D eigenvalue weighted by Gasteiger charge is 2.34. The summed E-state index contributed by atoms with van der Waals surface area (Å²) in [5.41, 5.74) is -0.430. The molecule has 0 aromatic carbocycles. The van der Waals surface area contributed by atoms with Gasteiger partial charge in [-0.2, -0.15) is 0 Å². The molecule has 0 N–H and O–H groups in total. The molecule has 66 valence electrons. The van der Waals surface area contributed by atoms with Gasteiger partial charge in [0.25, 0.3) is 5.66 Å². The summed E-state index contributed by atoms with van der Waals surface area (Å²) in [5, 5.41) is 0. The van der Waals surface area contributed by atoms with Crippen molar-refractivity contribution in [3.05, 3.63) is 11.4 Å². The Bertz CT molecular complexity index is 217. The standard InChI is InChI=1S/C9H14N2O/c1-9(2,10-3)11-6-4-8(12)5-7-11/h4-7H2,1-2H3. The molecule has 1 heterocycles. The average molecular weight is 166 g/mol. The molecule has 1 aliphatic heterocycles. The molecule has 0 radical (unpaired) electrons. The number of Topliss-reactive ketones (excluding diaryl/α,β-unsaturated/α-hetero) is 1. The van der Waals surface area contributed by atoms with Crippen molar-refractivity contribution in [2.24, 2.45) is 0 Å². The summed E-state index contributed by atoms with van der Waals surface area (Å²) in [6, 6.07) is 0. The lowest BCUT2D eigenvalue weighted by atomic mass is 10.1. The Hall–Kier alpha value is -0.880. The van der Waals surface area contributed by atoms with Crippen molar-refractivity contribution in [1.82, 2.24) is 4.90 Å². The van der Waals surface area contributed by atoms with Crippen LogP contribution in [0.1, 0.15) is 26.7 Å². The zero-order valence-electron chi connectivity index (χ0n) is 7.63. The van der Waals surface area contributed by atoms with E-state index in [0.717, 1.165) is 13.1 Å². The second-order valence-electron chi connectivity index (χ2n) is 3.63. The number of carbonyl (C=O) groups is 1. The lowest BCUT2D eigenvalue weighted by molar-refractivity contribution is -0.122. The monoisotopic (exact) mass is 166 g/mol. The normalized spacial score (nSPS) is 20.6. The third kappa shape index (κ3) is 1.83. The van der Waals surface area contributed by atoms with Crippen LogP contribution in [-0.2, 0) is 4.79 Å². The zero-order chi connectivity index (χ0) is 9.19. The quantitative estimate of drug-likeness (QED) is 0.548. The number of hydrogen-bond donors (Lipinski definition) is 0. The van der Waals surface area contributed by atoms with E-state index >= 15 is 0 Å². The summed E-state index contributed by atoms with van der Waals surface area (Å²) in [7, 11) is 0. The number of nitrogens with zero attached hydrogens (tertiary/aromatic N) is 2. The number of piperidine rings is 1. The Kier molecular flexibility index (Phi) is 2.49. The van der Waals surface area contributed by atoms with E-state index in [9.17, 15) is 4.79 Å². The van der Waals surface area contributed by atoms with Gasteiger partial charge in [0.15, 0.2) is 0 Å². The molecule has 0 atom stereocenters. The van der Waals surface area contributed by atoms with E-state index in [-0.39, 0.29) is 0 Å². The molecule has 0 aromatic rings. The molecule has 12 heavy (non-hydrogen) atoms. The van der Waals surface area contributed by atoms with E-state index in [0.29, 0.717) is 18.6 Å².